The zero-order chi connectivity index (χ0) is 11.2. The van der Waals surface area contributed by atoms with Crippen LogP contribution in [0, 0.1) is 11.3 Å². The molecule has 0 atom stereocenters. The molecule has 0 heterocycles. The molecule has 82 valence electrons. The van der Waals surface area contributed by atoms with Crippen molar-refractivity contribution < 1.29 is 0 Å². The van der Waals surface area contributed by atoms with Crippen LogP contribution in [0.3, 0.4) is 0 Å². The van der Waals surface area contributed by atoms with E-state index in [0.717, 1.165) is 25.7 Å². The zero-order valence-corrected chi connectivity index (χ0v) is 9.49. The van der Waals surface area contributed by atoms with Crippen LogP contribution in [0.15, 0.2) is 37.0 Å². The van der Waals surface area contributed by atoms with Crippen molar-refractivity contribution in [2.24, 2.45) is 0 Å². The lowest BCUT2D eigenvalue weighted by molar-refractivity contribution is 0.759. The van der Waals surface area contributed by atoms with Crippen LogP contribution < -0.4 is 0 Å². The lowest BCUT2D eigenvalue weighted by atomic mass is 10.1. The first-order chi connectivity index (χ1) is 7.41. The number of hydrogen-bond acceptors (Lipinski definition) is 1. The summed E-state index contributed by atoms with van der Waals surface area (Å²) in [7, 11) is 0. The molecule has 0 aliphatic rings. The molecule has 0 saturated carbocycles. The van der Waals surface area contributed by atoms with Crippen LogP contribution in [-0.4, -0.2) is 0 Å². The van der Waals surface area contributed by atoms with E-state index in [1.54, 1.807) is 6.08 Å². The fraction of sp³-hybridized carbons (Fsp3) is 0.500. The number of rotatable bonds is 9. The predicted molar refractivity (Wildman–Crippen MR) is 66.4 cm³/mol. The Hall–Kier alpha value is -1.29. The predicted octanol–water partition coefficient (Wildman–Crippen LogP) is 4.54. The number of nitriles is 1. The molecule has 0 N–H and O–H groups in total. The highest BCUT2D eigenvalue weighted by Crippen LogP contribution is 2.03. The smallest absolute Gasteiger partial charge is 0.0908 e. The molecule has 0 aromatic carbocycles. The molecular weight excluding hydrogens is 182 g/mol. The Bertz CT molecular complexity index is 230. The molecule has 0 aromatic heterocycles. The molecule has 0 radical (unpaired) electrons. The molecular formula is C14H21N. The van der Waals surface area contributed by atoms with E-state index in [0.29, 0.717) is 0 Å². The first-order valence-electron chi connectivity index (χ1n) is 5.72. The fourth-order valence-electron chi connectivity index (χ4n) is 1.28. The van der Waals surface area contributed by atoms with Crippen molar-refractivity contribution in [2.75, 3.05) is 0 Å². The van der Waals surface area contributed by atoms with E-state index in [9.17, 15) is 0 Å². The van der Waals surface area contributed by atoms with Gasteiger partial charge in [-0.25, -0.2) is 0 Å². The molecule has 0 fully saturated rings. The molecule has 0 rings (SSSR count). The zero-order valence-electron chi connectivity index (χ0n) is 9.49. The quantitative estimate of drug-likeness (QED) is 0.306. The van der Waals surface area contributed by atoms with Gasteiger partial charge in [-0.3, -0.25) is 0 Å². The highest BCUT2D eigenvalue weighted by atomic mass is 14.2. The molecule has 0 spiro atoms. The van der Waals surface area contributed by atoms with Crippen LogP contribution in [0.2, 0.25) is 0 Å². The Morgan fingerprint density at radius 2 is 1.47 bits per heavy atom. The summed E-state index contributed by atoms with van der Waals surface area (Å²) in [5.74, 6) is 0. The van der Waals surface area contributed by atoms with Crippen LogP contribution in [0.5, 0.6) is 0 Å². The van der Waals surface area contributed by atoms with E-state index in [1.165, 1.54) is 19.3 Å². The van der Waals surface area contributed by atoms with Crippen molar-refractivity contribution in [1.82, 2.24) is 0 Å². The minimum Gasteiger partial charge on any atom is -0.193 e. The van der Waals surface area contributed by atoms with E-state index >= 15 is 0 Å². The standard InChI is InChI=1S/C14H21N/c1-2-3-4-5-6-7-8-9-10-11-12-13-14-15/h2,7-8,12-13H,1,3-6,9-11H2/b8-7+,13-12+. The van der Waals surface area contributed by atoms with Gasteiger partial charge in [-0.1, -0.05) is 24.3 Å². The maximum atomic E-state index is 8.25. The Balaban J connectivity index is 3.14. The van der Waals surface area contributed by atoms with E-state index < -0.39 is 0 Å². The topological polar surface area (TPSA) is 23.8 Å². The lowest BCUT2D eigenvalue weighted by Gasteiger charge is -1.92. The maximum absolute atomic E-state index is 8.25. The first kappa shape index (κ1) is 13.7. The minimum atomic E-state index is 1.01. The normalized spacial score (nSPS) is 10.9. The average Bonchev–Trinajstić information content (AvgIpc) is 2.26. The third-order valence-electron chi connectivity index (χ3n) is 2.13. The molecule has 0 amide bonds. The molecule has 15 heavy (non-hydrogen) atoms. The third kappa shape index (κ3) is 12.7. The van der Waals surface area contributed by atoms with Gasteiger partial charge in [0.25, 0.3) is 0 Å². The second-order valence-electron chi connectivity index (χ2n) is 3.51. The van der Waals surface area contributed by atoms with Gasteiger partial charge in [0, 0.05) is 6.08 Å². The van der Waals surface area contributed by atoms with Gasteiger partial charge >= 0.3 is 0 Å². The summed E-state index contributed by atoms with van der Waals surface area (Å²) in [5, 5.41) is 8.25. The molecule has 1 nitrogen and oxygen atoms in total. The summed E-state index contributed by atoms with van der Waals surface area (Å²) in [6.45, 7) is 3.70. The summed E-state index contributed by atoms with van der Waals surface area (Å²) >= 11 is 0. The highest BCUT2D eigenvalue weighted by molar-refractivity contribution is 5.01. The van der Waals surface area contributed by atoms with Gasteiger partial charge in [0.05, 0.1) is 6.07 Å². The second kappa shape index (κ2) is 12.7. The first-order valence-corrected chi connectivity index (χ1v) is 5.72. The van der Waals surface area contributed by atoms with Gasteiger partial charge < -0.3 is 0 Å². The molecule has 1 heteroatoms. The minimum absolute atomic E-state index is 1.01. The van der Waals surface area contributed by atoms with Crippen LogP contribution in [0.1, 0.15) is 44.9 Å². The van der Waals surface area contributed by atoms with E-state index in [4.69, 9.17) is 5.26 Å². The van der Waals surface area contributed by atoms with Crippen LogP contribution >= 0.6 is 0 Å². The van der Waals surface area contributed by atoms with Crippen molar-refractivity contribution >= 4 is 0 Å². The third-order valence-corrected chi connectivity index (χ3v) is 2.13. The SMILES string of the molecule is C=CCCCC/C=C/CCC/C=C/C#N. The molecule has 0 bridgehead atoms. The van der Waals surface area contributed by atoms with Gasteiger partial charge in [-0.15, -0.1) is 6.58 Å². The van der Waals surface area contributed by atoms with Gasteiger partial charge in [0.2, 0.25) is 0 Å². The van der Waals surface area contributed by atoms with Crippen molar-refractivity contribution in [3.05, 3.63) is 37.0 Å². The van der Waals surface area contributed by atoms with Crippen molar-refractivity contribution in [2.45, 2.75) is 44.9 Å². The van der Waals surface area contributed by atoms with E-state index in [-0.39, 0.29) is 0 Å². The second-order valence-corrected chi connectivity index (χ2v) is 3.51. The van der Waals surface area contributed by atoms with Gasteiger partial charge in [0.1, 0.15) is 0 Å². The Morgan fingerprint density at radius 3 is 2.13 bits per heavy atom. The Morgan fingerprint density at radius 1 is 0.867 bits per heavy atom. The lowest BCUT2D eigenvalue weighted by Crippen LogP contribution is -1.73. The molecule has 0 saturated heterocycles. The highest BCUT2D eigenvalue weighted by Gasteiger charge is 1.83. The van der Waals surface area contributed by atoms with Crippen LogP contribution in [0.25, 0.3) is 0 Å². The Labute approximate surface area is 93.8 Å². The van der Waals surface area contributed by atoms with Crippen molar-refractivity contribution in [1.29, 1.82) is 5.26 Å². The largest absolute Gasteiger partial charge is 0.193 e. The number of hydrogen-bond donors (Lipinski definition) is 0. The van der Waals surface area contributed by atoms with Gasteiger partial charge in [-0.2, -0.15) is 5.26 Å². The van der Waals surface area contributed by atoms with E-state index in [2.05, 4.69) is 18.7 Å². The van der Waals surface area contributed by atoms with Crippen molar-refractivity contribution in [3.8, 4) is 6.07 Å². The Kier molecular flexibility index (Phi) is 11.6. The average molecular weight is 203 g/mol. The number of nitrogens with zero attached hydrogens (tertiary/aromatic N) is 1. The van der Waals surface area contributed by atoms with Crippen LogP contribution in [0.4, 0.5) is 0 Å². The maximum Gasteiger partial charge on any atom is 0.0908 e. The molecule has 0 aliphatic heterocycles. The summed E-state index contributed by atoms with van der Waals surface area (Å²) in [5.41, 5.74) is 0. The molecule has 0 aliphatic carbocycles. The summed E-state index contributed by atoms with van der Waals surface area (Å²) in [6.07, 6.45) is 18.1. The fourth-order valence-corrected chi connectivity index (χ4v) is 1.28. The number of unbranched alkanes of at least 4 members (excludes halogenated alkanes) is 5. The summed E-state index contributed by atoms with van der Waals surface area (Å²) in [6, 6.07) is 1.99. The number of allylic oxidation sites excluding steroid dienone is 5. The van der Waals surface area contributed by atoms with Gasteiger partial charge in [0.15, 0.2) is 0 Å². The summed E-state index contributed by atoms with van der Waals surface area (Å²) < 4.78 is 0. The van der Waals surface area contributed by atoms with Crippen molar-refractivity contribution in [3.63, 3.8) is 0 Å². The molecule has 0 unspecified atom stereocenters. The monoisotopic (exact) mass is 203 g/mol. The van der Waals surface area contributed by atoms with Gasteiger partial charge in [-0.05, 0) is 44.9 Å². The van der Waals surface area contributed by atoms with E-state index in [1.807, 2.05) is 18.2 Å². The van der Waals surface area contributed by atoms with Crippen LogP contribution in [-0.2, 0) is 0 Å². The molecule has 0 aromatic rings. The summed E-state index contributed by atoms with van der Waals surface area (Å²) in [4.78, 5) is 0.